The van der Waals surface area contributed by atoms with Crippen LogP contribution >= 0.6 is 0 Å². The van der Waals surface area contributed by atoms with Crippen LogP contribution in [0.2, 0.25) is 0 Å². The molecular weight excluding hydrogens is 400 g/mol. The van der Waals surface area contributed by atoms with Crippen molar-refractivity contribution in [2.75, 3.05) is 21.3 Å². The zero-order valence-electron chi connectivity index (χ0n) is 17.1. The Morgan fingerprint density at radius 2 is 1.37 bits per heavy atom. The van der Waals surface area contributed by atoms with Crippen LogP contribution in [0.15, 0.2) is 24.3 Å². The molecule has 0 aliphatic heterocycles. The van der Waals surface area contributed by atoms with Crippen LogP contribution in [0.25, 0.3) is 0 Å². The second-order valence-electron chi connectivity index (χ2n) is 5.86. The average molecular weight is 422 g/mol. The third-order valence-corrected chi connectivity index (χ3v) is 4.26. The lowest BCUT2D eigenvalue weighted by molar-refractivity contribution is -0.385. The lowest BCUT2D eigenvalue weighted by Gasteiger charge is -2.08. The second-order valence-corrected chi connectivity index (χ2v) is 5.86. The lowest BCUT2D eigenvalue weighted by Crippen LogP contribution is -2.06. The van der Waals surface area contributed by atoms with Crippen molar-refractivity contribution < 1.29 is 34.0 Å². The van der Waals surface area contributed by atoms with Crippen LogP contribution in [0.3, 0.4) is 0 Å². The van der Waals surface area contributed by atoms with Crippen molar-refractivity contribution in [3.8, 4) is 11.5 Å². The summed E-state index contributed by atoms with van der Waals surface area (Å²) in [4.78, 5) is 31.6. The Balaban J connectivity index is 0.000000303. The third kappa shape index (κ3) is 5.20. The Morgan fingerprint density at radius 1 is 0.900 bits per heavy atom. The predicted molar refractivity (Wildman–Crippen MR) is 106 cm³/mol. The molecule has 2 rings (SSSR count). The molecule has 11 heteroatoms. The minimum Gasteiger partial charge on any atom is -0.490 e. The van der Waals surface area contributed by atoms with Crippen molar-refractivity contribution in [3.63, 3.8) is 0 Å². The van der Waals surface area contributed by atoms with E-state index in [1.165, 1.54) is 45.6 Å². The molecule has 0 atom stereocenters. The molecule has 0 bridgehead atoms. The molecule has 2 aromatic carbocycles. The fraction of sp³-hybridized carbons (Fsp3) is 0.316. The number of rotatable bonds is 6. The fourth-order valence-corrected chi connectivity index (χ4v) is 2.70. The van der Waals surface area contributed by atoms with Crippen LogP contribution in [-0.4, -0.2) is 42.3 Å². The highest BCUT2D eigenvalue weighted by Gasteiger charge is 2.22. The molecule has 0 amide bonds. The third-order valence-electron chi connectivity index (χ3n) is 4.26. The van der Waals surface area contributed by atoms with Crippen molar-refractivity contribution in [1.82, 2.24) is 0 Å². The van der Waals surface area contributed by atoms with E-state index in [0.29, 0.717) is 16.7 Å². The smallest absolute Gasteiger partial charge is 0.338 e. The van der Waals surface area contributed by atoms with E-state index >= 15 is 0 Å². The summed E-state index contributed by atoms with van der Waals surface area (Å²) in [5.74, 6) is -0.264. The molecule has 0 spiro atoms. The summed E-state index contributed by atoms with van der Waals surface area (Å²) in [5.41, 5.74) is 1.63. The van der Waals surface area contributed by atoms with E-state index in [-0.39, 0.29) is 35.0 Å². The molecule has 1 N–H and O–H groups in total. The molecule has 30 heavy (non-hydrogen) atoms. The zero-order chi connectivity index (χ0) is 23.0. The van der Waals surface area contributed by atoms with E-state index < -0.39 is 15.8 Å². The molecular formula is C19H22N2O9. The van der Waals surface area contributed by atoms with Gasteiger partial charge in [-0.2, -0.15) is 0 Å². The molecule has 162 valence electrons. The highest BCUT2D eigenvalue weighted by Crippen LogP contribution is 2.33. The maximum Gasteiger partial charge on any atom is 0.338 e. The van der Waals surface area contributed by atoms with Crippen LogP contribution in [0.1, 0.15) is 27.0 Å². The Hall–Kier alpha value is -3.73. The monoisotopic (exact) mass is 422 g/mol. The number of hydrogen-bond acceptors (Lipinski definition) is 9. The standard InChI is InChI=1S/C10H11NO5.C9H11NO4/c1-6-7(10(12)16-3)4-5-8(11(13)14)9(6)15-2;1-6-7(5-11)3-4-8(10(12)13)9(6)14-2/h4-5H,1-3H3;3-4,11H,5H2,1-2H3. The van der Waals surface area contributed by atoms with Gasteiger partial charge < -0.3 is 19.3 Å². The van der Waals surface area contributed by atoms with Crippen molar-refractivity contribution in [2.45, 2.75) is 20.5 Å². The molecule has 0 aliphatic rings. The van der Waals surface area contributed by atoms with Gasteiger partial charge in [0.2, 0.25) is 5.75 Å². The van der Waals surface area contributed by atoms with E-state index in [1.54, 1.807) is 13.8 Å². The van der Waals surface area contributed by atoms with Gasteiger partial charge in [-0.05, 0) is 31.5 Å². The van der Waals surface area contributed by atoms with Gasteiger partial charge in [0.05, 0.1) is 43.3 Å². The highest BCUT2D eigenvalue weighted by atomic mass is 16.6. The van der Waals surface area contributed by atoms with Gasteiger partial charge >= 0.3 is 17.3 Å². The summed E-state index contributed by atoms with van der Waals surface area (Å²) in [7, 11) is 3.93. The number of nitro groups is 2. The average Bonchev–Trinajstić information content (AvgIpc) is 2.72. The summed E-state index contributed by atoms with van der Waals surface area (Å²) in [6.07, 6.45) is 0. The fourth-order valence-electron chi connectivity index (χ4n) is 2.70. The Bertz CT molecular complexity index is 958. The van der Waals surface area contributed by atoms with Gasteiger partial charge in [0.25, 0.3) is 0 Å². The van der Waals surface area contributed by atoms with Crippen LogP contribution in [-0.2, 0) is 11.3 Å². The van der Waals surface area contributed by atoms with Crippen LogP contribution in [0.4, 0.5) is 11.4 Å². The first-order valence-electron chi connectivity index (χ1n) is 8.46. The molecule has 0 aliphatic carbocycles. The minimum atomic E-state index is -0.563. The van der Waals surface area contributed by atoms with E-state index in [2.05, 4.69) is 4.74 Å². The summed E-state index contributed by atoms with van der Waals surface area (Å²) in [5, 5.41) is 30.2. The summed E-state index contributed by atoms with van der Waals surface area (Å²) < 4.78 is 14.4. The Kier molecular flexibility index (Phi) is 8.68. The molecule has 0 fully saturated rings. The van der Waals surface area contributed by atoms with Crippen molar-refractivity contribution >= 4 is 17.3 Å². The number of aliphatic hydroxyl groups excluding tert-OH is 1. The SMILES string of the molecule is COC(=O)c1ccc([N+](=O)[O-])c(OC)c1C.COc1c([N+](=O)[O-])ccc(CO)c1C. The number of nitrogens with zero attached hydrogens (tertiary/aromatic N) is 2. The van der Waals surface area contributed by atoms with E-state index in [4.69, 9.17) is 14.6 Å². The normalized spacial score (nSPS) is 9.80. The molecule has 0 aromatic heterocycles. The minimum absolute atomic E-state index is 0.0768. The van der Waals surface area contributed by atoms with Gasteiger partial charge in [-0.15, -0.1) is 0 Å². The van der Waals surface area contributed by atoms with Gasteiger partial charge in [0.15, 0.2) is 5.75 Å². The van der Waals surface area contributed by atoms with E-state index in [9.17, 15) is 25.0 Å². The molecule has 0 heterocycles. The number of benzene rings is 2. The maximum atomic E-state index is 11.3. The molecule has 2 aromatic rings. The largest absolute Gasteiger partial charge is 0.490 e. The number of hydrogen-bond donors (Lipinski definition) is 1. The highest BCUT2D eigenvalue weighted by molar-refractivity contribution is 5.92. The van der Waals surface area contributed by atoms with Gasteiger partial charge in [-0.3, -0.25) is 20.2 Å². The predicted octanol–water partition coefficient (Wildman–Crippen LogP) is 3.10. The van der Waals surface area contributed by atoms with Gasteiger partial charge in [-0.1, -0.05) is 0 Å². The summed E-state index contributed by atoms with van der Waals surface area (Å²) in [6.45, 7) is 3.09. The molecule has 11 nitrogen and oxygen atoms in total. The lowest BCUT2D eigenvalue weighted by atomic mass is 10.1. The van der Waals surface area contributed by atoms with Crippen molar-refractivity contribution in [2.24, 2.45) is 0 Å². The van der Waals surface area contributed by atoms with E-state index in [0.717, 1.165) is 0 Å². The van der Waals surface area contributed by atoms with Crippen LogP contribution < -0.4 is 9.47 Å². The number of carbonyl (C=O) groups excluding carboxylic acids is 1. The van der Waals surface area contributed by atoms with Crippen LogP contribution in [0, 0.1) is 34.1 Å². The molecule has 0 saturated carbocycles. The van der Waals surface area contributed by atoms with Gasteiger partial charge in [0, 0.05) is 23.3 Å². The number of ether oxygens (including phenoxy) is 3. The number of esters is 1. The van der Waals surface area contributed by atoms with Gasteiger partial charge in [-0.25, -0.2) is 4.79 Å². The Morgan fingerprint density at radius 3 is 1.77 bits per heavy atom. The van der Waals surface area contributed by atoms with Crippen molar-refractivity contribution in [3.05, 3.63) is 66.7 Å². The Labute approximate surface area is 172 Å². The molecule has 0 unspecified atom stereocenters. The number of nitro benzene ring substituents is 2. The first kappa shape index (κ1) is 24.3. The first-order chi connectivity index (χ1) is 14.1. The number of carbonyl (C=O) groups is 1. The second kappa shape index (κ2) is 10.7. The molecule has 0 radical (unpaired) electrons. The summed E-state index contributed by atoms with van der Waals surface area (Å²) >= 11 is 0. The topological polar surface area (TPSA) is 151 Å². The molecule has 0 saturated heterocycles. The quantitative estimate of drug-likeness (QED) is 0.420. The van der Waals surface area contributed by atoms with Crippen molar-refractivity contribution in [1.29, 1.82) is 0 Å². The van der Waals surface area contributed by atoms with Gasteiger partial charge in [0.1, 0.15) is 0 Å². The number of methoxy groups -OCH3 is 3. The number of aliphatic hydroxyl groups is 1. The maximum absolute atomic E-state index is 11.3. The van der Waals surface area contributed by atoms with Crippen LogP contribution in [0.5, 0.6) is 11.5 Å². The van der Waals surface area contributed by atoms with E-state index in [1.807, 2.05) is 0 Å². The summed E-state index contributed by atoms with van der Waals surface area (Å²) in [6, 6.07) is 5.42. The zero-order valence-corrected chi connectivity index (χ0v) is 17.1. The first-order valence-corrected chi connectivity index (χ1v) is 8.46.